The topological polar surface area (TPSA) is 118 Å². The molecular formula is C26H26N6O3. The number of carbonyl (C=O) groups is 3. The molecule has 2 atom stereocenters. The number of piperazine rings is 1. The molecule has 3 aliphatic rings. The van der Waals surface area contributed by atoms with Crippen molar-refractivity contribution < 1.29 is 14.4 Å². The minimum Gasteiger partial charge on any atom is -0.334 e. The van der Waals surface area contributed by atoms with Gasteiger partial charge in [-0.25, -0.2) is 5.43 Å². The van der Waals surface area contributed by atoms with Crippen LogP contribution in [0.2, 0.25) is 0 Å². The monoisotopic (exact) mass is 470 g/mol. The molecule has 1 saturated carbocycles. The summed E-state index contributed by atoms with van der Waals surface area (Å²) in [5.74, 6) is -0.451. The van der Waals surface area contributed by atoms with Crippen molar-refractivity contribution in [2.45, 2.75) is 31.8 Å². The number of fused-ring (bicyclic) bond motifs is 1. The Hall–Kier alpha value is -4.16. The maximum Gasteiger partial charge on any atom is 0.272 e. The van der Waals surface area contributed by atoms with Crippen LogP contribution < -0.4 is 16.1 Å². The third-order valence-corrected chi connectivity index (χ3v) is 6.48. The van der Waals surface area contributed by atoms with Crippen LogP contribution in [0.25, 0.3) is 0 Å². The lowest BCUT2D eigenvalue weighted by molar-refractivity contribution is -0.134. The Labute approximate surface area is 203 Å². The normalized spacial score (nSPS) is 21.1. The molecule has 2 unspecified atom stereocenters. The van der Waals surface area contributed by atoms with E-state index in [9.17, 15) is 19.6 Å². The van der Waals surface area contributed by atoms with E-state index in [-0.39, 0.29) is 42.4 Å². The van der Waals surface area contributed by atoms with Crippen molar-refractivity contribution in [3.63, 3.8) is 0 Å². The Morgan fingerprint density at radius 1 is 1.17 bits per heavy atom. The summed E-state index contributed by atoms with van der Waals surface area (Å²) in [7, 11) is 0. The first kappa shape index (κ1) is 22.6. The van der Waals surface area contributed by atoms with Gasteiger partial charge in [-0.15, -0.1) is 0 Å². The Balaban J connectivity index is 1.34. The van der Waals surface area contributed by atoms with Gasteiger partial charge in [0, 0.05) is 23.7 Å². The Kier molecular flexibility index (Phi) is 5.97. The summed E-state index contributed by atoms with van der Waals surface area (Å²) in [6.07, 6.45) is 3.58. The highest BCUT2D eigenvalue weighted by Gasteiger charge is 2.40. The first-order valence-corrected chi connectivity index (χ1v) is 11.7. The summed E-state index contributed by atoms with van der Waals surface area (Å²) in [6, 6.07) is 15.8. The fourth-order valence-electron chi connectivity index (χ4n) is 4.42. The molecule has 2 heterocycles. The largest absolute Gasteiger partial charge is 0.334 e. The predicted molar refractivity (Wildman–Crippen MR) is 128 cm³/mol. The molecule has 3 amide bonds. The molecule has 3 N–H and O–H groups in total. The number of carbonyl (C=O) groups excluding carboxylic acids is 3. The van der Waals surface area contributed by atoms with Crippen LogP contribution in [0.3, 0.4) is 0 Å². The highest BCUT2D eigenvalue weighted by atomic mass is 16.2. The maximum absolute atomic E-state index is 13.3. The zero-order chi connectivity index (χ0) is 24.5. The third kappa shape index (κ3) is 4.61. The van der Waals surface area contributed by atoms with E-state index in [1.165, 1.54) is 0 Å². The van der Waals surface area contributed by atoms with Crippen molar-refractivity contribution in [1.29, 1.82) is 5.26 Å². The van der Waals surface area contributed by atoms with Gasteiger partial charge in [-0.1, -0.05) is 24.3 Å². The van der Waals surface area contributed by atoms with E-state index < -0.39 is 0 Å². The van der Waals surface area contributed by atoms with Gasteiger partial charge in [0.15, 0.2) is 0 Å². The number of rotatable bonds is 6. The van der Waals surface area contributed by atoms with Gasteiger partial charge in [0.25, 0.3) is 11.8 Å². The number of amides is 3. The average Bonchev–Trinajstić information content (AvgIpc) is 3.64. The minimum absolute atomic E-state index is 0.0241. The summed E-state index contributed by atoms with van der Waals surface area (Å²) >= 11 is 0. The van der Waals surface area contributed by atoms with E-state index >= 15 is 0 Å². The summed E-state index contributed by atoms with van der Waals surface area (Å²) in [5.41, 5.74) is 6.20. The van der Waals surface area contributed by atoms with Crippen molar-refractivity contribution in [2.24, 2.45) is 5.92 Å². The van der Waals surface area contributed by atoms with Crippen LogP contribution >= 0.6 is 0 Å². The molecule has 1 saturated heterocycles. The van der Waals surface area contributed by atoms with E-state index in [0.717, 1.165) is 18.4 Å². The molecule has 2 aliphatic heterocycles. The number of nitrogens with one attached hydrogen (secondary N) is 3. The van der Waals surface area contributed by atoms with Crippen molar-refractivity contribution in [3.05, 3.63) is 77.0 Å². The summed E-state index contributed by atoms with van der Waals surface area (Å²) in [5, 5.41) is 17.0. The van der Waals surface area contributed by atoms with Crippen LogP contribution in [0, 0.1) is 17.2 Å². The second-order valence-corrected chi connectivity index (χ2v) is 9.11. The number of anilines is 1. The molecule has 178 valence electrons. The Bertz CT molecular complexity index is 1250. The maximum atomic E-state index is 13.3. The molecule has 0 aromatic heterocycles. The molecule has 9 heteroatoms. The SMILES string of the molecule is CC1CN(CNC(=O)c2ccccc2)C(=O)C2=CC(c3ccc(C#N)cc3NC(=O)C3CC3)NN21. The smallest absolute Gasteiger partial charge is 0.272 e. The van der Waals surface area contributed by atoms with E-state index in [4.69, 9.17) is 0 Å². The molecule has 1 aliphatic carbocycles. The first-order valence-electron chi connectivity index (χ1n) is 11.7. The molecule has 35 heavy (non-hydrogen) atoms. The van der Waals surface area contributed by atoms with Gasteiger partial charge in [-0.2, -0.15) is 5.26 Å². The molecular weight excluding hydrogens is 444 g/mol. The van der Waals surface area contributed by atoms with Gasteiger partial charge in [0.1, 0.15) is 5.70 Å². The van der Waals surface area contributed by atoms with Gasteiger partial charge in [0.2, 0.25) is 5.91 Å². The Morgan fingerprint density at radius 2 is 1.94 bits per heavy atom. The van der Waals surface area contributed by atoms with E-state index in [2.05, 4.69) is 22.1 Å². The lowest BCUT2D eigenvalue weighted by atomic mass is 10.0. The van der Waals surface area contributed by atoms with Crippen molar-refractivity contribution in [1.82, 2.24) is 20.7 Å². The summed E-state index contributed by atoms with van der Waals surface area (Å²) in [6.45, 7) is 2.53. The van der Waals surface area contributed by atoms with Gasteiger partial charge >= 0.3 is 0 Å². The summed E-state index contributed by atoms with van der Waals surface area (Å²) < 4.78 is 0. The lowest BCUT2D eigenvalue weighted by Gasteiger charge is -2.39. The standard InChI is InChI=1S/C26H26N6O3/c1-16-14-31(15-28-24(33)18-5-3-2-4-6-18)26(35)23-12-22(30-32(16)23)20-10-7-17(13-27)11-21(20)29-25(34)19-8-9-19/h2-7,10-12,16,19,22,30H,8-9,14-15H2,1H3,(H,28,33)(H,29,34). The van der Waals surface area contributed by atoms with Crippen LogP contribution in [0.4, 0.5) is 5.69 Å². The van der Waals surface area contributed by atoms with Crippen molar-refractivity contribution >= 4 is 23.4 Å². The molecule has 2 aromatic rings. The highest BCUT2D eigenvalue weighted by Crippen LogP contribution is 2.35. The van der Waals surface area contributed by atoms with Crippen LogP contribution in [0.1, 0.15) is 47.3 Å². The van der Waals surface area contributed by atoms with E-state index in [1.807, 2.05) is 24.1 Å². The van der Waals surface area contributed by atoms with E-state index in [0.29, 0.717) is 29.1 Å². The zero-order valence-corrected chi connectivity index (χ0v) is 19.3. The predicted octanol–water partition coefficient (Wildman–Crippen LogP) is 2.27. The second-order valence-electron chi connectivity index (χ2n) is 9.11. The molecule has 0 radical (unpaired) electrons. The molecule has 5 rings (SSSR count). The highest BCUT2D eigenvalue weighted by molar-refractivity contribution is 5.97. The fraction of sp³-hybridized carbons (Fsp3) is 0.308. The fourth-order valence-corrected chi connectivity index (χ4v) is 4.42. The molecule has 0 spiro atoms. The van der Waals surface area contributed by atoms with Crippen molar-refractivity contribution in [2.75, 3.05) is 18.5 Å². The van der Waals surface area contributed by atoms with Crippen LogP contribution in [-0.4, -0.2) is 46.9 Å². The zero-order valence-electron chi connectivity index (χ0n) is 19.3. The molecule has 0 bridgehead atoms. The van der Waals surface area contributed by atoms with Gasteiger partial charge in [-0.3, -0.25) is 19.4 Å². The quantitative estimate of drug-likeness (QED) is 0.596. The molecule has 2 fully saturated rings. The molecule has 9 nitrogen and oxygen atoms in total. The van der Waals surface area contributed by atoms with Crippen LogP contribution in [0.5, 0.6) is 0 Å². The molecule has 2 aromatic carbocycles. The summed E-state index contributed by atoms with van der Waals surface area (Å²) in [4.78, 5) is 39.7. The van der Waals surface area contributed by atoms with Gasteiger partial charge in [0.05, 0.1) is 30.4 Å². The van der Waals surface area contributed by atoms with Crippen LogP contribution in [-0.2, 0) is 9.59 Å². The lowest BCUT2D eigenvalue weighted by Crippen LogP contribution is -2.57. The van der Waals surface area contributed by atoms with Gasteiger partial charge in [-0.05, 0) is 55.7 Å². The number of benzene rings is 2. The Morgan fingerprint density at radius 3 is 2.66 bits per heavy atom. The number of hydrogen-bond donors (Lipinski definition) is 3. The third-order valence-electron chi connectivity index (χ3n) is 6.48. The van der Waals surface area contributed by atoms with Crippen LogP contribution in [0.15, 0.2) is 60.3 Å². The van der Waals surface area contributed by atoms with E-state index in [1.54, 1.807) is 47.4 Å². The number of hydrogen-bond acceptors (Lipinski definition) is 6. The first-order chi connectivity index (χ1) is 16.9. The van der Waals surface area contributed by atoms with Gasteiger partial charge < -0.3 is 15.5 Å². The number of nitriles is 1. The number of hydrazine groups is 1. The average molecular weight is 471 g/mol. The second kappa shape index (κ2) is 9.24. The minimum atomic E-state index is -0.350. The number of nitrogens with zero attached hydrogens (tertiary/aromatic N) is 3. The van der Waals surface area contributed by atoms with Crippen molar-refractivity contribution in [3.8, 4) is 6.07 Å².